The molecule has 6 nitrogen and oxygen atoms in total. The molecule has 0 radical (unpaired) electrons. The minimum atomic E-state index is -0.100. The second kappa shape index (κ2) is 8.74. The summed E-state index contributed by atoms with van der Waals surface area (Å²) in [5.74, 6) is -0.100. The molecule has 0 aliphatic carbocycles. The highest BCUT2D eigenvalue weighted by molar-refractivity contribution is 5.94. The van der Waals surface area contributed by atoms with Crippen LogP contribution in [-0.4, -0.2) is 20.0 Å². The number of rotatable bonds is 5. The zero-order chi connectivity index (χ0) is 24.6. The Kier molecular flexibility index (Phi) is 5.26. The minimum absolute atomic E-state index is 0.100. The Morgan fingerprint density at radius 1 is 0.861 bits per heavy atom. The summed E-state index contributed by atoms with van der Waals surface area (Å²) in [5, 5.41) is 13.2. The van der Waals surface area contributed by atoms with E-state index in [1.54, 1.807) is 0 Å². The third-order valence-corrected chi connectivity index (χ3v) is 6.57. The number of carbonyl (C=O) groups excluding carboxylic acids is 1. The van der Waals surface area contributed by atoms with Gasteiger partial charge >= 0.3 is 0 Å². The number of nitrogens with one attached hydrogen (secondary N) is 3. The molecule has 176 valence electrons. The molecule has 6 rings (SSSR count). The molecule has 4 aromatic carbocycles. The summed E-state index contributed by atoms with van der Waals surface area (Å²) in [6.45, 7) is 2.11. The van der Waals surface area contributed by atoms with Gasteiger partial charge < -0.3 is 14.9 Å². The first-order valence-corrected chi connectivity index (χ1v) is 11.9. The van der Waals surface area contributed by atoms with Crippen molar-refractivity contribution in [2.75, 3.05) is 5.32 Å². The summed E-state index contributed by atoms with van der Waals surface area (Å²) >= 11 is 0. The summed E-state index contributed by atoms with van der Waals surface area (Å²) in [6.07, 6.45) is 1.95. The molecule has 0 unspecified atom stereocenters. The number of aromatic nitrogens is 3. The number of imidazole rings is 1. The van der Waals surface area contributed by atoms with Gasteiger partial charge in [-0.1, -0.05) is 54.6 Å². The summed E-state index contributed by atoms with van der Waals surface area (Å²) in [5.41, 5.74) is 8.31. The van der Waals surface area contributed by atoms with E-state index in [4.69, 9.17) is 5.41 Å². The van der Waals surface area contributed by atoms with Crippen molar-refractivity contribution >= 4 is 33.5 Å². The summed E-state index contributed by atoms with van der Waals surface area (Å²) < 4.78 is 4.03. The fraction of sp³-hybridized carbons (Fsp3) is 0.0667. The molecule has 0 atom stereocenters. The van der Waals surface area contributed by atoms with Crippen LogP contribution in [0.5, 0.6) is 0 Å². The molecule has 0 aliphatic heterocycles. The Morgan fingerprint density at radius 2 is 1.61 bits per heavy atom. The number of hydrogen-bond donors (Lipinski definition) is 3. The molecule has 36 heavy (non-hydrogen) atoms. The number of hydrogen-bond acceptors (Lipinski definition) is 2. The Labute approximate surface area is 208 Å². The Morgan fingerprint density at radius 3 is 2.42 bits per heavy atom. The molecule has 0 saturated heterocycles. The molecule has 2 aromatic heterocycles. The topological polar surface area (TPSA) is 78.6 Å². The van der Waals surface area contributed by atoms with Crippen LogP contribution >= 0.6 is 0 Å². The van der Waals surface area contributed by atoms with Crippen LogP contribution in [0.15, 0.2) is 103 Å². The van der Waals surface area contributed by atoms with Crippen molar-refractivity contribution in [1.29, 1.82) is 5.41 Å². The fourth-order valence-corrected chi connectivity index (χ4v) is 4.93. The maximum Gasteiger partial charge on any atom is 0.221 e. The van der Waals surface area contributed by atoms with Gasteiger partial charge in [-0.25, -0.2) is 0 Å². The standard InChI is InChI=1S/C30H25N5O/c1-20(36)33-27-9-3-2-8-24(27)21-13-15-23(16-14-21)35-29-12-5-4-11-28(29)34(30(35)31)19-22-7-6-10-26-25(22)17-18-32-26/h2-18,31-32H,19H2,1H3,(H,33,36). The molecule has 6 aromatic rings. The average molecular weight is 472 g/mol. The van der Waals surface area contributed by atoms with Crippen LogP contribution in [-0.2, 0) is 11.3 Å². The van der Waals surface area contributed by atoms with Gasteiger partial charge in [0.25, 0.3) is 0 Å². The van der Waals surface area contributed by atoms with Gasteiger partial charge in [0.2, 0.25) is 11.5 Å². The molecule has 2 heterocycles. The molecule has 0 fully saturated rings. The van der Waals surface area contributed by atoms with Gasteiger partial charge in [0, 0.05) is 41.0 Å². The normalized spacial score (nSPS) is 11.2. The molecule has 0 saturated carbocycles. The number of aromatic amines is 1. The largest absolute Gasteiger partial charge is 0.361 e. The summed E-state index contributed by atoms with van der Waals surface area (Å²) in [7, 11) is 0. The van der Waals surface area contributed by atoms with Crippen LogP contribution < -0.4 is 10.9 Å². The van der Waals surface area contributed by atoms with E-state index in [2.05, 4.69) is 51.3 Å². The maximum absolute atomic E-state index is 11.6. The van der Waals surface area contributed by atoms with Crippen molar-refractivity contribution in [1.82, 2.24) is 14.1 Å². The number of nitrogens with zero attached hydrogens (tertiary/aromatic N) is 2. The van der Waals surface area contributed by atoms with Crippen LogP contribution in [0.4, 0.5) is 5.69 Å². The van der Waals surface area contributed by atoms with E-state index in [1.807, 2.05) is 71.4 Å². The molecule has 6 heteroatoms. The Bertz CT molecular complexity index is 1790. The third-order valence-electron chi connectivity index (χ3n) is 6.57. The van der Waals surface area contributed by atoms with Crippen LogP contribution in [0.3, 0.4) is 0 Å². The van der Waals surface area contributed by atoms with Crippen molar-refractivity contribution in [2.45, 2.75) is 13.5 Å². The lowest BCUT2D eigenvalue weighted by Gasteiger charge is -2.11. The van der Waals surface area contributed by atoms with Crippen LogP contribution in [0.25, 0.3) is 38.8 Å². The number of carbonyl (C=O) groups is 1. The van der Waals surface area contributed by atoms with E-state index >= 15 is 0 Å². The van der Waals surface area contributed by atoms with Gasteiger partial charge in [0.05, 0.1) is 17.6 Å². The van der Waals surface area contributed by atoms with E-state index in [-0.39, 0.29) is 5.91 Å². The molecule has 0 bridgehead atoms. The summed E-state index contributed by atoms with van der Waals surface area (Å²) in [6, 6.07) is 32.4. The fourth-order valence-electron chi connectivity index (χ4n) is 4.93. The molecular formula is C30H25N5O. The van der Waals surface area contributed by atoms with Crippen molar-refractivity contribution < 1.29 is 4.79 Å². The Balaban J connectivity index is 1.44. The van der Waals surface area contributed by atoms with E-state index in [1.165, 1.54) is 17.9 Å². The van der Waals surface area contributed by atoms with Gasteiger partial charge in [-0.05, 0) is 53.6 Å². The number of para-hydroxylation sites is 3. The first-order chi connectivity index (χ1) is 17.6. The van der Waals surface area contributed by atoms with E-state index in [0.717, 1.165) is 39.1 Å². The number of anilines is 1. The molecule has 0 aliphatic rings. The van der Waals surface area contributed by atoms with Crippen LogP contribution in [0.2, 0.25) is 0 Å². The molecular weight excluding hydrogens is 446 g/mol. The zero-order valence-corrected chi connectivity index (χ0v) is 19.8. The van der Waals surface area contributed by atoms with Gasteiger partial charge in [0.15, 0.2) is 0 Å². The van der Waals surface area contributed by atoms with Crippen molar-refractivity contribution in [2.24, 2.45) is 0 Å². The molecule has 1 amide bonds. The van der Waals surface area contributed by atoms with Crippen molar-refractivity contribution in [3.63, 3.8) is 0 Å². The number of H-pyrrole nitrogens is 1. The molecule has 0 spiro atoms. The number of benzene rings is 4. The third kappa shape index (κ3) is 3.69. The predicted molar refractivity (Wildman–Crippen MR) is 144 cm³/mol. The quantitative estimate of drug-likeness (QED) is 0.280. The van der Waals surface area contributed by atoms with E-state index in [9.17, 15) is 4.79 Å². The Hall–Kier alpha value is -4.84. The highest BCUT2D eigenvalue weighted by Crippen LogP contribution is 2.29. The van der Waals surface area contributed by atoms with E-state index in [0.29, 0.717) is 12.2 Å². The van der Waals surface area contributed by atoms with Crippen LogP contribution in [0.1, 0.15) is 12.5 Å². The number of fused-ring (bicyclic) bond motifs is 2. The van der Waals surface area contributed by atoms with Gasteiger partial charge in [-0.3, -0.25) is 14.8 Å². The van der Waals surface area contributed by atoms with Gasteiger partial charge in [-0.15, -0.1) is 0 Å². The van der Waals surface area contributed by atoms with Crippen molar-refractivity contribution in [3.8, 4) is 16.8 Å². The van der Waals surface area contributed by atoms with Crippen LogP contribution in [0, 0.1) is 5.41 Å². The number of amides is 1. The SMILES string of the molecule is CC(=O)Nc1ccccc1-c1ccc(-n2c(=N)n(Cc3cccc4[nH]ccc34)c3ccccc32)cc1. The minimum Gasteiger partial charge on any atom is -0.361 e. The highest BCUT2D eigenvalue weighted by atomic mass is 16.1. The van der Waals surface area contributed by atoms with Crippen molar-refractivity contribution in [3.05, 3.63) is 114 Å². The lowest BCUT2D eigenvalue weighted by Crippen LogP contribution is -2.24. The predicted octanol–water partition coefficient (Wildman–Crippen LogP) is 6.07. The smallest absolute Gasteiger partial charge is 0.221 e. The lowest BCUT2D eigenvalue weighted by atomic mass is 10.0. The first kappa shape index (κ1) is 21.7. The second-order valence-corrected chi connectivity index (χ2v) is 8.86. The monoisotopic (exact) mass is 471 g/mol. The first-order valence-electron chi connectivity index (χ1n) is 11.9. The molecule has 3 N–H and O–H groups in total. The van der Waals surface area contributed by atoms with E-state index < -0.39 is 0 Å². The zero-order valence-electron chi connectivity index (χ0n) is 19.8. The van der Waals surface area contributed by atoms with Gasteiger partial charge in [0.1, 0.15) is 0 Å². The highest BCUT2D eigenvalue weighted by Gasteiger charge is 2.14. The summed E-state index contributed by atoms with van der Waals surface area (Å²) in [4.78, 5) is 14.9. The van der Waals surface area contributed by atoms with Gasteiger partial charge in [-0.2, -0.15) is 0 Å². The second-order valence-electron chi connectivity index (χ2n) is 8.86. The lowest BCUT2D eigenvalue weighted by molar-refractivity contribution is -0.114. The average Bonchev–Trinajstić information content (AvgIpc) is 3.48. The maximum atomic E-state index is 11.6.